The smallest absolute Gasteiger partial charge is 0.129 e. The van der Waals surface area contributed by atoms with Gasteiger partial charge in [0.25, 0.3) is 0 Å². The van der Waals surface area contributed by atoms with E-state index in [4.69, 9.17) is 4.74 Å². The van der Waals surface area contributed by atoms with E-state index in [1.54, 1.807) is 0 Å². The largest absolute Gasteiger partial charge is 0.370 e. The zero-order valence-electron chi connectivity index (χ0n) is 10.9. The number of halogens is 2. The summed E-state index contributed by atoms with van der Waals surface area (Å²) in [5.41, 5.74) is 1.40. The quantitative estimate of drug-likeness (QED) is 0.907. The van der Waals surface area contributed by atoms with Crippen molar-refractivity contribution in [3.63, 3.8) is 0 Å². The Labute approximate surface area is 116 Å². The van der Waals surface area contributed by atoms with Crippen molar-refractivity contribution < 1.29 is 13.5 Å². The molecule has 1 N–H and O–H groups in total. The minimum Gasteiger partial charge on any atom is -0.370 e. The minimum absolute atomic E-state index is 0.0871. The SMILES string of the molecule is Fc1ccc(F)c(C2CNC(c3ccccc3)CO2)c1. The normalized spacial score (nSPS) is 22.7. The summed E-state index contributed by atoms with van der Waals surface area (Å²) in [6, 6.07) is 13.5. The van der Waals surface area contributed by atoms with E-state index in [9.17, 15) is 8.78 Å². The van der Waals surface area contributed by atoms with Gasteiger partial charge in [-0.25, -0.2) is 8.78 Å². The van der Waals surface area contributed by atoms with Crippen molar-refractivity contribution in [2.24, 2.45) is 0 Å². The first kappa shape index (κ1) is 13.2. The second-order valence-corrected chi connectivity index (χ2v) is 4.86. The molecule has 2 aromatic rings. The third-order valence-electron chi connectivity index (χ3n) is 3.52. The molecule has 0 aromatic heterocycles. The third-order valence-corrected chi connectivity index (χ3v) is 3.52. The van der Waals surface area contributed by atoms with Crippen LogP contribution in [0, 0.1) is 11.6 Å². The molecule has 2 atom stereocenters. The average Bonchev–Trinajstić information content (AvgIpc) is 2.51. The number of hydrogen-bond donors (Lipinski definition) is 1. The van der Waals surface area contributed by atoms with Crippen LogP contribution < -0.4 is 5.32 Å². The molecule has 1 aliphatic heterocycles. The highest BCUT2D eigenvalue weighted by molar-refractivity contribution is 5.24. The van der Waals surface area contributed by atoms with Crippen LogP contribution in [0.15, 0.2) is 48.5 Å². The number of benzene rings is 2. The Morgan fingerprint density at radius 3 is 2.55 bits per heavy atom. The summed E-state index contributed by atoms with van der Waals surface area (Å²) in [6.45, 7) is 0.893. The Hall–Kier alpha value is -1.78. The molecule has 1 saturated heterocycles. The van der Waals surface area contributed by atoms with Crippen molar-refractivity contribution in [2.45, 2.75) is 12.1 Å². The Kier molecular flexibility index (Phi) is 3.76. The zero-order chi connectivity index (χ0) is 13.9. The van der Waals surface area contributed by atoms with Crippen molar-refractivity contribution in [3.05, 3.63) is 71.3 Å². The van der Waals surface area contributed by atoms with E-state index in [-0.39, 0.29) is 11.6 Å². The Bertz CT molecular complexity index is 580. The molecule has 104 valence electrons. The van der Waals surface area contributed by atoms with Crippen LogP contribution in [0.25, 0.3) is 0 Å². The second-order valence-electron chi connectivity index (χ2n) is 4.86. The van der Waals surface area contributed by atoms with Crippen molar-refractivity contribution in [2.75, 3.05) is 13.2 Å². The first-order chi connectivity index (χ1) is 9.74. The Balaban J connectivity index is 1.71. The summed E-state index contributed by atoms with van der Waals surface area (Å²) in [6.07, 6.45) is -0.453. The zero-order valence-corrected chi connectivity index (χ0v) is 10.9. The van der Waals surface area contributed by atoms with Crippen molar-refractivity contribution in [1.29, 1.82) is 0 Å². The molecule has 3 rings (SSSR count). The number of nitrogens with one attached hydrogen (secondary N) is 1. The maximum Gasteiger partial charge on any atom is 0.129 e. The van der Waals surface area contributed by atoms with Gasteiger partial charge in [0, 0.05) is 12.1 Å². The summed E-state index contributed by atoms with van der Waals surface area (Å²) in [5.74, 6) is -0.883. The van der Waals surface area contributed by atoms with Gasteiger partial charge in [-0.2, -0.15) is 0 Å². The molecule has 1 aliphatic rings. The molecule has 4 heteroatoms. The molecule has 2 aromatic carbocycles. The number of rotatable bonds is 2. The molecule has 0 bridgehead atoms. The molecule has 0 spiro atoms. The molecule has 20 heavy (non-hydrogen) atoms. The number of morpholine rings is 1. The van der Waals surface area contributed by atoms with E-state index in [1.807, 2.05) is 30.3 Å². The van der Waals surface area contributed by atoms with E-state index in [1.165, 1.54) is 6.07 Å². The monoisotopic (exact) mass is 275 g/mol. The number of hydrogen-bond acceptors (Lipinski definition) is 2. The second kappa shape index (κ2) is 5.69. The molecule has 2 nitrogen and oxygen atoms in total. The van der Waals surface area contributed by atoms with E-state index in [2.05, 4.69) is 5.32 Å². The fraction of sp³-hybridized carbons (Fsp3) is 0.250. The fourth-order valence-corrected chi connectivity index (χ4v) is 2.44. The first-order valence-electron chi connectivity index (χ1n) is 6.59. The highest BCUT2D eigenvalue weighted by Gasteiger charge is 2.25. The van der Waals surface area contributed by atoms with Crippen LogP contribution in [0.4, 0.5) is 8.78 Å². The minimum atomic E-state index is -0.453. The van der Waals surface area contributed by atoms with Crippen LogP contribution >= 0.6 is 0 Å². The summed E-state index contributed by atoms with van der Waals surface area (Å²) in [5, 5.41) is 3.32. The predicted molar refractivity (Wildman–Crippen MR) is 72.2 cm³/mol. The Morgan fingerprint density at radius 1 is 1.05 bits per heavy atom. The van der Waals surface area contributed by atoms with Gasteiger partial charge in [0.2, 0.25) is 0 Å². The van der Waals surface area contributed by atoms with E-state index < -0.39 is 17.7 Å². The molecular weight excluding hydrogens is 260 g/mol. The lowest BCUT2D eigenvalue weighted by atomic mass is 10.0. The van der Waals surface area contributed by atoms with Gasteiger partial charge in [0.1, 0.15) is 11.6 Å². The molecule has 2 unspecified atom stereocenters. The van der Waals surface area contributed by atoms with Crippen LogP contribution in [0.2, 0.25) is 0 Å². The lowest BCUT2D eigenvalue weighted by molar-refractivity contribution is 0.000334. The molecular formula is C16H15F2NO. The summed E-state index contributed by atoms with van der Waals surface area (Å²) < 4.78 is 32.6. The summed E-state index contributed by atoms with van der Waals surface area (Å²) in [7, 11) is 0. The van der Waals surface area contributed by atoms with Crippen LogP contribution in [0.1, 0.15) is 23.3 Å². The van der Waals surface area contributed by atoms with Gasteiger partial charge in [-0.05, 0) is 23.8 Å². The van der Waals surface area contributed by atoms with Crippen LogP contribution in [0.3, 0.4) is 0 Å². The lowest BCUT2D eigenvalue weighted by Crippen LogP contribution is -2.37. The molecule has 0 aliphatic carbocycles. The fourth-order valence-electron chi connectivity index (χ4n) is 2.44. The van der Waals surface area contributed by atoms with Gasteiger partial charge in [-0.3, -0.25) is 0 Å². The first-order valence-corrected chi connectivity index (χ1v) is 6.59. The van der Waals surface area contributed by atoms with Gasteiger partial charge in [0.15, 0.2) is 0 Å². The lowest BCUT2D eigenvalue weighted by Gasteiger charge is -2.31. The van der Waals surface area contributed by atoms with E-state index >= 15 is 0 Å². The topological polar surface area (TPSA) is 21.3 Å². The Morgan fingerprint density at radius 2 is 1.85 bits per heavy atom. The summed E-state index contributed by atoms with van der Waals surface area (Å²) in [4.78, 5) is 0. The van der Waals surface area contributed by atoms with Crippen LogP contribution in [-0.2, 0) is 4.74 Å². The third kappa shape index (κ3) is 2.71. The van der Waals surface area contributed by atoms with Gasteiger partial charge in [-0.1, -0.05) is 30.3 Å². The van der Waals surface area contributed by atoms with Crippen molar-refractivity contribution in [3.8, 4) is 0 Å². The molecule has 0 saturated carbocycles. The van der Waals surface area contributed by atoms with Crippen LogP contribution in [0.5, 0.6) is 0 Å². The van der Waals surface area contributed by atoms with Gasteiger partial charge in [0.05, 0.1) is 18.8 Å². The van der Waals surface area contributed by atoms with Crippen molar-refractivity contribution >= 4 is 0 Å². The van der Waals surface area contributed by atoms with E-state index in [0.29, 0.717) is 13.2 Å². The molecule has 0 amide bonds. The van der Waals surface area contributed by atoms with E-state index in [0.717, 1.165) is 17.7 Å². The summed E-state index contributed by atoms with van der Waals surface area (Å²) >= 11 is 0. The standard InChI is InChI=1S/C16H15F2NO/c17-12-6-7-14(18)13(8-12)16-9-19-15(10-20-16)11-4-2-1-3-5-11/h1-8,15-16,19H,9-10H2. The molecule has 0 radical (unpaired) electrons. The molecule has 1 fully saturated rings. The van der Waals surface area contributed by atoms with Gasteiger partial charge >= 0.3 is 0 Å². The molecule has 1 heterocycles. The average molecular weight is 275 g/mol. The van der Waals surface area contributed by atoms with Gasteiger partial charge in [-0.15, -0.1) is 0 Å². The van der Waals surface area contributed by atoms with Gasteiger partial charge < -0.3 is 10.1 Å². The predicted octanol–water partition coefficient (Wildman–Crippen LogP) is 3.37. The maximum absolute atomic E-state index is 13.7. The highest BCUT2D eigenvalue weighted by Crippen LogP contribution is 2.27. The van der Waals surface area contributed by atoms with Crippen LogP contribution in [-0.4, -0.2) is 13.2 Å². The number of ether oxygens (including phenoxy) is 1. The highest BCUT2D eigenvalue weighted by atomic mass is 19.1. The van der Waals surface area contributed by atoms with Crippen molar-refractivity contribution in [1.82, 2.24) is 5.32 Å². The maximum atomic E-state index is 13.7.